The molecular formula is C18H23F3N2O2S. The number of hydrogen-bond acceptors (Lipinski definition) is 4. The third-order valence-corrected chi connectivity index (χ3v) is 5.26. The summed E-state index contributed by atoms with van der Waals surface area (Å²) in [5, 5.41) is 3.54. The predicted molar refractivity (Wildman–Crippen MR) is 95.2 cm³/mol. The van der Waals surface area contributed by atoms with E-state index in [1.807, 2.05) is 13.8 Å². The van der Waals surface area contributed by atoms with E-state index in [0.717, 1.165) is 30.7 Å². The number of carbonyl (C=O) groups excluding carboxylic acids is 1. The molecule has 0 saturated carbocycles. The van der Waals surface area contributed by atoms with Crippen molar-refractivity contribution in [3.05, 3.63) is 28.3 Å². The van der Waals surface area contributed by atoms with Crippen LogP contribution >= 0.6 is 11.3 Å². The molecule has 0 N–H and O–H groups in total. The van der Waals surface area contributed by atoms with Gasteiger partial charge >= 0.3 is 6.18 Å². The van der Waals surface area contributed by atoms with Gasteiger partial charge in [0.15, 0.2) is 0 Å². The van der Waals surface area contributed by atoms with Crippen molar-refractivity contribution in [1.82, 2.24) is 10.1 Å². The van der Waals surface area contributed by atoms with Crippen molar-refractivity contribution in [3.8, 4) is 10.6 Å². The largest absolute Gasteiger partial charge is 0.452 e. The molecule has 0 spiro atoms. The molecule has 2 aromatic rings. The number of amides is 1. The molecule has 8 heteroatoms. The standard InChI is InChI=1S/C16H17F3N2O2S.C2H6/c1-9-4-3-7-21(8-9)15(22)12-6-5-11(24-12)13-10(2)14(23-20-13)16(17,18)19;1-2/h5-6,9H,3-4,7-8H2,1-2H3;1-2H3/t9-;/m1./s1. The lowest BCUT2D eigenvalue weighted by Crippen LogP contribution is -2.38. The van der Waals surface area contributed by atoms with Crippen molar-refractivity contribution in [1.29, 1.82) is 0 Å². The molecule has 0 aromatic carbocycles. The van der Waals surface area contributed by atoms with Crippen LogP contribution in [0.4, 0.5) is 13.2 Å². The minimum absolute atomic E-state index is 0.0602. The number of thiophene rings is 1. The highest BCUT2D eigenvalue weighted by Gasteiger charge is 2.39. The van der Waals surface area contributed by atoms with Crippen LogP contribution in [0.15, 0.2) is 16.7 Å². The van der Waals surface area contributed by atoms with Crippen molar-refractivity contribution in [2.75, 3.05) is 13.1 Å². The van der Waals surface area contributed by atoms with Crippen molar-refractivity contribution in [2.45, 2.75) is 46.7 Å². The van der Waals surface area contributed by atoms with Crippen LogP contribution in [-0.2, 0) is 6.18 Å². The molecule has 144 valence electrons. The Morgan fingerprint density at radius 1 is 1.35 bits per heavy atom. The zero-order valence-corrected chi connectivity index (χ0v) is 16.1. The van der Waals surface area contributed by atoms with Gasteiger partial charge < -0.3 is 9.42 Å². The van der Waals surface area contributed by atoms with E-state index in [1.165, 1.54) is 6.92 Å². The third-order valence-electron chi connectivity index (χ3n) is 4.18. The summed E-state index contributed by atoms with van der Waals surface area (Å²) in [5.41, 5.74) is 0.0772. The lowest BCUT2D eigenvalue weighted by Gasteiger charge is -2.30. The van der Waals surface area contributed by atoms with E-state index in [4.69, 9.17) is 0 Å². The maximum absolute atomic E-state index is 12.8. The molecule has 1 amide bonds. The monoisotopic (exact) mass is 388 g/mol. The molecule has 1 atom stereocenters. The van der Waals surface area contributed by atoms with Crippen LogP contribution in [0.1, 0.15) is 54.6 Å². The number of halogens is 3. The number of likely N-dealkylation sites (tertiary alicyclic amines) is 1. The molecule has 0 radical (unpaired) electrons. The van der Waals surface area contributed by atoms with Crippen LogP contribution in [-0.4, -0.2) is 29.1 Å². The van der Waals surface area contributed by atoms with Gasteiger partial charge in [-0.15, -0.1) is 11.3 Å². The highest BCUT2D eigenvalue weighted by atomic mass is 32.1. The Morgan fingerprint density at radius 2 is 2.04 bits per heavy atom. The van der Waals surface area contributed by atoms with E-state index >= 15 is 0 Å². The Labute approximate surface area is 155 Å². The van der Waals surface area contributed by atoms with Crippen LogP contribution in [0.2, 0.25) is 0 Å². The average Bonchev–Trinajstić information content (AvgIpc) is 3.22. The maximum Gasteiger partial charge on any atom is 0.452 e. The van der Waals surface area contributed by atoms with Gasteiger partial charge in [-0.2, -0.15) is 13.2 Å². The van der Waals surface area contributed by atoms with Gasteiger partial charge in [-0.1, -0.05) is 25.9 Å². The van der Waals surface area contributed by atoms with Crippen molar-refractivity contribution >= 4 is 17.2 Å². The first-order valence-electron chi connectivity index (χ1n) is 8.70. The van der Waals surface area contributed by atoms with Crippen molar-refractivity contribution in [3.63, 3.8) is 0 Å². The van der Waals surface area contributed by atoms with Crippen LogP contribution < -0.4 is 0 Å². The fourth-order valence-corrected chi connectivity index (χ4v) is 3.95. The van der Waals surface area contributed by atoms with E-state index in [2.05, 4.69) is 16.6 Å². The zero-order valence-electron chi connectivity index (χ0n) is 15.3. The topological polar surface area (TPSA) is 46.3 Å². The van der Waals surface area contributed by atoms with Gasteiger partial charge in [0, 0.05) is 18.7 Å². The summed E-state index contributed by atoms with van der Waals surface area (Å²) in [6, 6.07) is 3.26. The van der Waals surface area contributed by atoms with Crippen LogP contribution in [0.5, 0.6) is 0 Å². The molecule has 1 fully saturated rings. The minimum atomic E-state index is -4.57. The normalized spacial score (nSPS) is 17.7. The fourth-order valence-electron chi connectivity index (χ4n) is 2.94. The molecule has 0 bridgehead atoms. The Hall–Kier alpha value is -1.83. The summed E-state index contributed by atoms with van der Waals surface area (Å²) >= 11 is 1.15. The highest BCUT2D eigenvalue weighted by Crippen LogP contribution is 2.38. The smallest absolute Gasteiger partial charge is 0.351 e. The minimum Gasteiger partial charge on any atom is -0.351 e. The average molecular weight is 388 g/mol. The second-order valence-corrected chi connectivity index (χ2v) is 7.23. The van der Waals surface area contributed by atoms with Gasteiger partial charge in [-0.3, -0.25) is 4.79 Å². The third kappa shape index (κ3) is 4.28. The lowest BCUT2D eigenvalue weighted by molar-refractivity contribution is -0.156. The molecule has 1 aliphatic heterocycles. The molecule has 26 heavy (non-hydrogen) atoms. The summed E-state index contributed by atoms with van der Waals surface area (Å²) in [6.45, 7) is 8.86. The Balaban J connectivity index is 0.00000117. The molecule has 3 heterocycles. The van der Waals surface area contributed by atoms with Crippen molar-refractivity contribution in [2.24, 2.45) is 5.92 Å². The SMILES string of the molecule is CC.Cc1c(-c2ccc(C(=O)N3CCC[C@@H](C)C3)s2)noc1C(F)(F)F. The number of alkyl halides is 3. The van der Waals surface area contributed by atoms with E-state index in [9.17, 15) is 18.0 Å². The first-order chi connectivity index (χ1) is 12.3. The Bertz CT molecular complexity index is 752. The molecule has 2 aromatic heterocycles. The summed E-state index contributed by atoms with van der Waals surface area (Å²) in [5.74, 6) is -0.701. The number of hydrogen-bond donors (Lipinski definition) is 0. The van der Waals surface area contributed by atoms with E-state index in [1.54, 1.807) is 17.0 Å². The van der Waals surface area contributed by atoms with Crippen LogP contribution in [0.25, 0.3) is 10.6 Å². The first-order valence-corrected chi connectivity index (χ1v) is 9.52. The zero-order chi connectivity index (χ0) is 19.5. The van der Waals surface area contributed by atoms with E-state index < -0.39 is 11.9 Å². The van der Waals surface area contributed by atoms with Gasteiger partial charge in [-0.05, 0) is 37.8 Å². The first kappa shape index (κ1) is 20.5. The molecular weight excluding hydrogens is 365 g/mol. The molecule has 0 unspecified atom stereocenters. The van der Waals surface area contributed by atoms with E-state index in [-0.39, 0.29) is 17.2 Å². The van der Waals surface area contributed by atoms with E-state index in [0.29, 0.717) is 22.2 Å². The maximum atomic E-state index is 12.8. The number of nitrogens with zero attached hydrogens (tertiary/aromatic N) is 2. The van der Waals surface area contributed by atoms with Gasteiger partial charge in [0.1, 0.15) is 5.69 Å². The number of rotatable bonds is 2. The summed E-state index contributed by atoms with van der Waals surface area (Å²) in [6.07, 6.45) is -2.49. The number of aromatic nitrogens is 1. The predicted octanol–water partition coefficient (Wildman–Crippen LogP) is 5.63. The van der Waals surface area contributed by atoms with Crippen molar-refractivity contribution < 1.29 is 22.5 Å². The van der Waals surface area contributed by atoms with Gasteiger partial charge in [-0.25, -0.2) is 0 Å². The summed E-state index contributed by atoms with van der Waals surface area (Å²) < 4.78 is 42.8. The molecule has 3 rings (SSSR count). The summed E-state index contributed by atoms with van der Waals surface area (Å²) in [7, 11) is 0. The van der Waals surface area contributed by atoms with Crippen LogP contribution in [0.3, 0.4) is 0 Å². The fraction of sp³-hybridized carbons (Fsp3) is 0.556. The lowest BCUT2D eigenvalue weighted by atomic mass is 10.0. The van der Waals surface area contributed by atoms with Gasteiger partial charge in [0.2, 0.25) is 5.76 Å². The molecule has 1 saturated heterocycles. The molecule has 1 aliphatic rings. The second-order valence-electron chi connectivity index (χ2n) is 6.15. The Kier molecular flexibility index (Phi) is 6.49. The molecule has 4 nitrogen and oxygen atoms in total. The number of carbonyl (C=O) groups is 1. The quantitative estimate of drug-likeness (QED) is 0.670. The van der Waals surface area contributed by atoms with Gasteiger partial charge in [0.05, 0.1) is 9.75 Å². The summed E-state index contributed by atoms with van der Waals surface area (Å²) in [4.78, 5) is 15.4. The second kappa shape index (κ2) is 8.24. The van der Waals surface area contributed by atoms with Gasteiger partial charge in [0.25, 0.3) is 5.91 Å². The number of piperidine rings is 1. The molecule has 0 aliphatic carbocycles. The Morgan fingerprint density at radius 3 is 2.62 bits per heavy atom. The van der Waals surface area contributed by atoms with Crippen LogP contribution in [0, 0.1) is 12.8 Å². The highest BCUT2D eigenvalue weighted by molar-refractivity contribution is 7.17.